The lowest BCUT2D eigenvalue weighted by atomic mass is 10.0. The van der Waals surface area contributed by atoms with Crippen LogP contribution in [0, 0.1) is 5.41 Å². The molecule has 0 spiro atoms. The topological polar surface area (TPSA) is 89.9 Å². The van der Waals surface area contributed by atoms with Gasteiger partial charge < -0.3 is 20.4 Å². The summed E-state index contributed by atoms with van der Waals surface area (Å²) in [6.45, 7) is 1.80. The number of fused-ring (bicyclic) bond motifs is 3. The van der Waals surface area contributed by atoms with Gasteiger partial charge in [0.15, 0.2) is 0 Å². The van der Waals surface area contributed by atoms with E-state index >= 15 is 0 Å². The Labute approximate surface area is 169 Å². The van der Waals surface area contributed by atoms with E-state index in [2.05, 4.69) is 37.5 Å². The molecule has 2 aliphatic heterocycles. The van der Waals surface area contributed by atoms with Crippen molar-refractivity contribution >= 4 is 28.5 Å². The van der Waals surface area contributed by atoms with Gasteiger partial charge in [-0.05, 0) is 42.7 Å². The Balaban J connectivity index is 1.52. The maximum Gasteiger partial charge on any atom is 0.129 e. The molecule has 0 amide bonds. The van der Waals surface area contributed by atoms with Crippen LogP contribution in [0.25, 0.3) is 27.7 Å². The molecule has 2 aliphatic rings. The van der Waals surface area contributed by atoms with Gasteiger partial charge >= 0.3 is 0 Å². The minimum Gasteiger partial charge on any atom is -0.393 e. The largest absolute Gasteiger partial charge is 0.393 e. The fourth-order valence-electron chi connectivity index (χ4n) is 4.32. The zero-order chi connectivity index (χ0) is 19.8. The molecule has 0 saturated carbocycles. The summed E-state index contributed by atoms with van der Waals surface area (Å²) in [6.07, 6.45) is 7.97. The third-order valence-electron chi connectivity index (χ3n) is 5.74. The van der Waals surface area contributed by atoms with Crippen LogP contribution in [-0.4, -0.2) is 53.7 Å². The molecule has 1 aromatic carbocycles. The molecule has 2 unspecified atom stereocenters. The molecule has 148 valence electrons. The maximum absolute atomic E-state index is 7.69. The first-order valence-corrected chi connectivity index (χ1v) is 9.98. The van der Waals surface area contributed by atoms with E-state index in [-0.39, 0.29) is 0 Å². The molecule has 7 heteroatoms. The number of ether oxygens (including phenoxy) is 1. The van der Waals surface area contributed by atoms with Gasteiger partial charge in [0.2, 0.25) is 0 Å². The molecule has 2 bridgehead atoms. The van der Waals surface area contributed by atoms with E-state index in [9.17, 15) is 0 Å². The monoisotopic (exact) mass is 388 g/mol. The predicted octanol–water partition coefficient (Wildman–Crippen LogP) is 3.20. The Morgan fingerprint density at radius 1 is 1.24 bits per heavy atom. The van der Waals surface area contributed by atoms with Crippen molar-refractivity contribution in [3.63, 3.8) is 0 Å². The van der Waals surface area contributed by atoms with Crippen molar-refractivity contribution < 1.29 is 4.74 Å². The lowest BCUT2D eigenvalue weighted by Gasteiger charge is -2.33. The van der Waals surface area contributed by atoms with Crippen molar-refractivity contribution in [2.24, 2.45) is 0 Å². The second kappa shape index (κ2) is 7.33. The second-order valence-electron chi connectivity index (χ2n) is 7.63. The van der Waals surface area contributed by atoms with Crippen molar-refractivity contribution in [2.45, 2.75) is 25.0 Å². The number of nitrogens with one attached hydrogen (secondary N) is 3. The van der Waals surface area contributed by atoms with Gasteiger partial charge in [0.1, 0.15) is 11.5 Å². The zero-order valence-electron chi connectivity index (χ0n) is 16.4. The first kappa shape index (κ1) is 17.9. The minimum absolute atomic E-state index is 0.325. The number of nitrogens with zero attached hydrogens (tertiary/aromatic N) is 3. The van der Waals surface area contributed by atoms with Crippen LogP contribution in [0.15, 0.2) is 42.7 Å². The average Bonchev–Trinajstić information content (AvgIpc) is 3.34. The predicted molar refractivity (Wildman–Crippen MR) is 115 cm³/mol. The number of allylic oxidation sites excluding steroid dienone is 1. The number of aromatic amines is 1. The van der Waals surface area contributed by atoms with E-state index in [1.165, 1.54) is 6.21 Å². The molecule has 3 N–H and O–H groups in total. The summed E-state index contributed by atoms with van der Waals surface area (Å²) < 4.78 is 5.96. The van der Waals surface area contributed by atoms with Crippen LogP contribution in [0.5, 0.6) is 0 Å². The van der Waals surface area contributed by atoms with Gasteiger partial charge in [-0.3, -0.25) is 5.10 Å². The normalized spacial score (nSPS) is 21.6. The summed E-state index contributed by atoms with van der Waals surface area (Å²) in [5.74, 6) is 0.977. The first-order chi connectivity index (χ1) is 14.2. The van der Waals surface area contributed by atoms with Crippen LogP contribution in [0.2, 0.25) is 0 Å². The molecule has 7 nitrogen and oxygen atoms in total. The van der Waals surface area contributed by atoms with Gasteiger partial charge in [-0.1, -0.05) is 6.07 Å². The minimum atomic E-state index is 0.325. The summed E-state index contributed by atoms with van der Waals surface area (Å²) in [6, 6.07) is 10.2. The summed E-state index contributed by atoms with van der Waals surface area (Å²) in [5, 5.41) is 19.4. The lowest BCUT2D eigenvalue weighted by molar-refractivity contribution is 0.0302. The third-order valence-corrected chi connectivity index (χ3v) is 5.74. The number of anilines is 1. The van der Waals surface area contributed by atoms with Crippen molar-refractivity contribution in [1.82, 2.24) is 20.5 Å². The smallest absolute Gasteiger partial charge is 0.129 e. The lowest BCUT2D eigenvalue weighted by Crippen LogP contribution is -2.43. The molecule has 2 aromatic heterocycles. The van der Waals surface area contributed by atoms with E-state index in [0.29, 0.717) is 12.2 Å². The number of morpholine rings is 1. The van der Waals surface area contributed by atoms with Crippen LogP contribution in [-0.2, 0) is 4.74 Å². The number of hydrogen-bond acceptors (Lipinski definition) is 6. The first-order valence-electron chi connectivity index (χ1n) is 9.98. The summed E-state index contributed by atoms with van der Waals surface area (Å²) in [7, 11) is 1.83. The SMILES string of the molecule is CN/C=C(\C=N)c1ccc2[nH]nc(-c3ccnc(N4CC5CCC(C4)O5)c3)c2c1. The van der Waals surface area contributed by atoms with Crippen LogP contribution in [0.1, 0.15) is 18.4 Å². The van der Waals surface area contributed by atoms with Crippen molar-refractivity contribution in [2.75, 3.05) is 25.0 Å². The third kappa shape index (κ3) is 3.27. The van der Waals surface area contributed by atoms with Crippen molar-refractivity contribution in [3.8, 4) is 11.3 Å². The standard InChI is InChI=1S/C22H24N6O/c1-24-11-16(10-23)14-2-5-20-19(8-14)22(27-26-20)15-6-7-25-21(9-15)28-12-17-3-4-18(13-28)29-17/h2,5-11,17-18,23-24H,3-4,12-13H2,1H3,(H,26,27)/b16-11+,23-10?. The van der Waals surface area contributed by atoms with E-state index in [0.717, 1.165) is 65.0 Å². The molecule has 3 aromatic rings. The summed E-state index contributed by atoms with van der Waals surface area (Å²) in [5.41, 5.74) is 4.70. The molecule has 4 heterocycles. The second-order valence-corrected chi connectivity index (χ2v) is 7.63. The van der Waals surface area contributed by atoms with Gasteiger partial charge in [0, 0.05) is 55.3 Å². The molecule has 0 aliphatic carbocycles. The Hall–Kier alpha value is -3.19. The molecular formula is C22H24N6O. The molecular weight excluding hydrogens is 364 g/mol. The van der Waals surface area contributed by atoms with E-state index in [1.54, 1.807) is 0 Å². The Morgan fingerprint density at radius 3 is 2.83 bits per heavy atom. The van der Waals surface area contributed by atoms with Crippen LogP contribution in [0.4, 0.5) is 5.82 Å². The molecule has 29 heavy (non-hydrogen) atoms. The van der Waals surface area contributed by atoms with Crippen LogP contribution < -0.4 is 10.2 Å². The van der Waals surface area contributed by atoms with E-state index in [1.807, 2.05) is 37.6 Å². The number of H-pyrrole nitrogens is 1. The highest BCUT2D eigenvalue weighted by Crippen LogP contribution is 2.32. The molecule has 5 rings (SSSR count). The van der Waals surface area contributed by atoms with E-state index < -0.39 is 0 Å². The maximum atomic E-state index is 7.69. The highest BCUT2D eigenvalue weighted by molar-refractivity contribution is 6.09. The van der Waals surface area contributed by atoms with Gasteiger partial charge in [-0.2, -0.15) is 5.10 Å². The number of pyridine rings is 1. The molecule has 2 atom stereocenters. The Morgan fingerprint density at radius 2 is 2.07 bits per heavy atom. The van der Waals surface area contributed by atoms with Gasteiger partial charge in [-0.25, -0.2) is 4.98 Å². The summed E-state index contributed by atoms with van der Waals surface area (Å²) >= 11 is 0. The zero-order valence-corrected chi connectivity index (χ0v) is 16.4. The fourth-order valence-corrected chi connectivity index (χ4v) is 4.32. The molecule has 2 saturated heterocycles. The number of benzene rings is 1. The molecule has 2 fully saturated rings. The Bertz CT molecular complexity index is 1080. The summed E-state index contributed by atoms with van der Waals surface area (Å²) in [4.78, 5) is 6.95. The van der Waals surface area contributed by atoms with Gasteiger partial charge in [0.05, 0.1) is 17.7 Å². The van der Waals surface area contributed by atoms with Crippen LogP contribution in [0.3, 0.4) is 0 Å². The van der Waals surface area contributed by atoms with E-state index in [4.69, 9.17) is 10.1 Å². The van der Waals surface area contributed by atoms with Crippen LogP contribution >= 0.6 is 0 Å². The van der Waals surface area contributed by atoms with Gasteiger partial charge in [-0.15, -0.1) is 0 Å². The number of aromatic nitrogens is 3. The van der Waals surface area contributed by atoms with Crippen molar-refractivity contribution in [1.29, 1.82) is 5.41 Å². The number of rotatable bonds is 5. The Kier molecular flexibility index (Phi) is 4.52. The highest BCUT2D eigenvalue weighted by Gasteiger charge is 2.34. The highest BCUT2D eigenvalue weighted by atomic mass is 16.5. The quantitative estimate of drug-likeness (QED) is 0.584. The average molecular weight is 388 g/mol. The van der Waals surface area contributed by atoms with Gasteiger partial charge in [0.25, 0.3) is 0 Å². The molecule has 0 radical (unpaired) electrons. The number of hydrogen-bond donors (Lipinski definition) is 3. The van der Waals surface area contributed by atoms with Crippen molar-refractivity contribution in [3.05, 3.63) is 48.3 Å². The fraction of sp³-hybridized carbons (Fsp3) is 0.318.